The minimum atomic E-state index is -3.12. The zero-order valence-corrected chi connectivity index (χ0v) is 15.4. The van der Waals surface area contributed by atoms with Crippen LogP contribution in [-0.2, 0) is 4.79 Å². The van der Waals surface area contributed by atoms with Gasteiger partial charge in [-0.2, -0.15) is 0 Å². The van der Waals surface area contributed by atoms with Crippen LogP contribution in [0.2, 0.25) is 0 Å². The molecular formula is C21H22O7. The Morgan fingerprint density at radius 2 is 1.36 bits per heavy atom. The molecule has 28 heavy (non-hydrogen) atoms. The van der Waals surface area contributed by atoms with Gasteiger partial charge >= 0.3 is 0 Å². The first kappa shape index (κ1) is 21.6. The van der Waals surface area contributed by atoms with E-state index in [1.165, 1.54) is 18.2 Å². The third-order valence-corrected chi connectivity index (χ3v) is 4.76. The average molecular weight is 386 g/mol. The van der Waals surface area contributed by atoms with Gasteiger partial charge in [-0.15, -0.1) is 0 Å². The fourth-order valence-corrected chi connectivity index (χ4v) is 2.98. The van der Waals surface area contributed by atoms with Crippen LogP contribution in [-0.4, -0.2) is 62.2 Å². The Labute approximate surface area is 161 Å². The van der Waals surface area contributed by atoms with E-state index in [-0.39, 0.29) is 17.4 Å². The van der Waals surface area contributed by atoms with Gasteiger partial charge in [0.1, 0.15) is 18.3 Å². The van der Waals surface area contributed by atoms with Crippen molar-refractivity contribution >= 4 is 17.9 Å². The molecule has 0 amide bonds. The van der Waals surface area contributed by atoms with Crippen molar-refractivity contribution in [2.75, 3.05) is 0 Å². The van der Waals surface area contributed by atoms with Crippen LogP contribution in [0.25, 0.3) is 0 Å². The molecule has 0 aromatic heterocycles. The van der Waals surface area contributed by atoms with Crippen LogP contribution in [0.15, 0.2) is 48.5 Å². The number of hydrogen-bond acceptors (Lipinski definition) is 7. The van der Waals surface area contributed by atoms with Crippen molar-refractivity contribution in [3.05, 3.63) is 70.8 Å². The number of aliphatic hydroxyl groups is 4. The fraction of sp³-hybridized carbons (Fsp3) is 0.286. The molecule has 0 aliphatic heterocycles. The summed E-state index contributed by atoms with van der Waals surface area (Å²) in [6.07, 6.45) is -7.21. The Kier molecular flexibility index (Phi) is 6.58. The minimum Gasteiger partial charge on any atom is -0.386 e. The minimum absolute atomic E-state index is 0.0690. The smallest absolute Gasteiger partial charge is 0.200 e. The summed E-state index contributed by atoms with van der Waals surface area (Å²) in [5.74, 6) is -2.14. The monoisotopic (exact) mass is 386 g/mol. The third-order valence-electron chi connectivity index (χ3n) is 4.76. The van der Waals surface area contributed by atoms with E-state index in [1.54, 1.807) is 44.2 Å². The number of hydrogen-bond donors (Lipinski definition) is 4. The molecule has 7 nitrogen and oxygen atoms in total. The van der Waals surface area contributed by atoms with Gasteiger partial charge in [-0.3, -0.25) is 9.59 Å². The molecule has 0 aliphatic carbocycles. The maximum absolute atomic E-state index is 12.9. The Morgan fingerprint density at radius 1 is 0.893 bits per heavy atom. The summed E-state index contributed by atoms with van der Waals surface area (Å²) in [4.78, 5) is 36.6. The number of aldehydes is 1. The second kappa shape index (κ2) is 8.53. The summed E-state index contributed by atoms with van der Waals surface area (Å²) < 4.78 is 0. The molecule has 7 heteroatoms. The van der Waals surface area contributed by atoms with Gasteiger partial charge in [0.05, 0.1) is 0 Å². The zero-order chi connectivity index (χ0) is 21.1. The lowest BCUT2D eigenvalue weighted by molar-refractivity contribution is -0.152. The van der Waals surface area contributed by atoms with Crippen molar-refractivity contribution in [2.24, 2.45) is 0 Å². The van der Waals surface area contributed by atoms with Crippen molar-refractivity contribution < 1.29 is 34.8 Å². The molecular weight excluding hydrogens is 364 g/mol. The molecule has 1 unspecified atom stereocenters. The van der Waals surface area contributed by atoms with Crippen LogP contribution in [0, 0.1) is 13.8 Å². The van der Waals surface area contributed by atoms with Crippen molar-refractivity contribution in [3.8, 4) is 0 Å². The van der Waals surface area contributed by atoms with Gasteiger partial charge in [0.15, 0.2) is 17.7 Å². The second-order valence-corrected chi connectivity index (χ2v) is 6.62. The Hall–Kier alpha value is -2.71. The number of ketones is 2. The quantitative estimate of drug-likeness (QED) is 0.381. The lowest BCUT2D eigenvalue weighted by Gasteiger charge is -2.35. The van der Waals surface area contributed by atoms with E-state index >= 15 is 0 Å². The van der Waals surface area contributed by atoms with Gasteiger partial charge < -0.3 is 25.2 Å². The van der Waals surface area contributed by atoms with E-state index in [0.29, 0.717) is 11.1 Å². The highest BCUT2D eigenvalue weighted by molar-refractivity contribution is 6.07. The number of carbonyl (C=O) groups is 3. The van der Waals surface area contributed by atoms with Gasteiger partial charge in [0.2, 0.25) is 5.78 Å². The number of rotatable bonds is 8. The summed E-state index contributed by atoms with van der Waals surface area (Å²) in [5, 5.41) is 41.7. The summed E-state index contributed by atoms with van der Waals surface area (Å²) >= 11 is 0. The molecule has 0 bridgehead atoms. The van der Waals surface area contributed by atoms with Gasteiger partial charge in [0.25, 0.3) is 0 Å². The highest BCUT2D eigenvalue weighted by Gasteiger charge is 2.54. The molecule has 0 aliphatic rings. The summed E-state index contributed by atoms with van der Waals surface area (Å²) in [5.41, 5.74) is -2.20. The largest absolute Gasteiger partial charge is 0.386 e. The van der Waals surface area contributed by atoms with E-state index in [1.807, 2.05) is 0 Å². The highest BCUT2D eigenvalue weighted by Crippen LogP contribution is 2.27. The molecule has 148 valence electrons. The molecule has 2 aromatic carbocycles. The number of Topliss-reactive ketones (excluding diaryl/α,β-unsaturated/α-hetero) is 2. The van der Waals surface area contributed by atoms with E-state index in [2.05, 4.69) is 0 Å². The van der Waals surface area contributed by atoms with Crippen molar-refractivity contribution in [1.29, 1.82) is 0 Å². The molecule has 0 saturated heterocycles. The van der Waals surface area contributed by atoms with Crippen LogP contribution in [0.1, 0.15) is 31.8 Å². The first-order valence-corrected chi connectivity index (χ1v) is 8.58. The molecule has 4 N–H and O–H groups in total. The van der Waals surface area contributed by atoms with Gasteiger partial charge in [0, 0.05) is 11.1 Å². The van der Waals surface area contributed by atoms with Gasteiger partial charge in [-0.1, -0.05) is 48.5 Å². The molecule has 0 heterocycles. The molecule has 0 fully saturated rings. The number of benzene rings is 2. The molecule has 2 rings (SSSR count). The zero-order valence-electron chi connectivity index (χ0n) is 15.4. The maximum atomic E-state index is 12.9. The van der Waals surface area contributed by atoms with Gasteiger partial charge in [-0.25, -0.2) is 0 Å². The first-order chi connectivity index (χ1) is 13.2. The Morgan fingerprint density at radius 3 is 1.82 bits per heavy atom. The standard InChI is InChI=1S/C21H22O7/c1-12-7-3-5-9-14(12)17(24)18(25)20(27)21(28,16(23)11-22)19(26)15-10-6-4-8-13(15)2/h3-11,16,18,20,23,25,27-28H,1-2H3/t16-,18?,20+,21+/m0/s1. The van der Waals surface area contributed by atoms with Crippen LogP contribution in [0.3, 0.4) is 0 Å². The lowest BCUT2D eigenvalue weighted by Crippen LogP contribution is -2.63. The van der Waals surface area contributed by atoms with E-state index in [0.717, 1.165) is 0 Å². The van der Waals surface area contributed by atoms with Crippen LogP contribution >= 0.6 is 0 Å². The molecule has 0 radical (unpaired) electrons. The maximum Gasteiger partial charge on any atom is 0.200 e. The second-order valence-electron chi connectivity index (χ2n) is 6.62. The van der Waals surface area contributed by atoms with Crippen molar-refractivity contribution in [2.45, 2.75) is 37.8 Å². The number of carbonyl (C=O) groups excluding carboxylic acids is 3. The summed E-state index contributed by atoms with van der Waals surface area (Å²) in [7, 11) is 0. The van der Waals surface area contributed by atoms with E-state index in [4.69, 9.17) is 0 Å². The fourth-order valence-electron chi connectivity index (χ4n) is 2.98. The SMILES string of the molecule is Cc1ccccc1C(=O)C(O)[C@@H](O)[C@](O)(C(=O)c1ccccc1C)[C@@H](O)C=O. The van der Waals surface area contributed by atoms with E-state index < -0.39 is 35.5 Å². The van der Waals surface area contributed by atoms with Gasteiger partial charge in [-0.05, 0) is 25.0 Å². The predicted octanol–water partition coefficient (Wildman–Crippen LogP) is 0.382. The number of aryl methyl sites for hydroxylation is 2. The van der Waals surface area contributed by atoms with Crippen molar-refractivity contribution in [1.82, 2.24) is 0 Å². The highest BCUT2D eigenvalue weighted by atomic mass is 16.4. The first-order valence-electron chi connectivity index (χ1n) is 8.58. The summed E-state index contributed by atoms with van der Waals surface area (Å²) in [6.45, 7) is 3.17. The summed E-state index contributed by atoms with van der Waals surface area (Å²) in [6, 6.07) is 12.3. The lowest BCUT2D eigenvalue weighted by atomic mass is 9.78. The van der Waals surface area contributed by atoms with Crippen LogP contribution in [0.5, 0.6) is 0 Å². The molecule has 0 spiro atoms. The third kappa shape index (κ3) is 3.79. The predicted molar refractivity (Wildman–Crippen MR) is 100 cm³/mol. The topological polar surface area (TPSA) is 132 Å². The molecule has 4 atom stereocenters. The molecule has 2 aromatic rings. The number of aliphatic hydroxyl groups excluding tert-OH is 3. The Balaban J connectivity index is 2.48. The van der Waals surface area contributed by atoms with E-state index in [9.17, 15) is 34.8 Å². The van der Waals surface area contributed by atoms with Crippen molar-refractivity contribution in [3.63, 3.8) is 0 Å². The van der Waals surface area contributed by atoms with Crippen LogP contribution < -0.4 is 0 Å². The average Bonchev–Trinajstić information content (AvgIpc) is 2.71. The van der Waals surface area contributed by atoms with Crippen LogP contribution in [0.4, 0.5) is 0 Å². The normalized spacial score (nSPS) is 16.5. The molecule has 0 saturated carbocycles. The Bertz CT molecular complexity index is 892.